The number of amides is 1. The molecule has 1 heterocycles. The van der Waals surface area contributed by atoms with Crippen LogP contribution in [0.3, 0.4) is 0 Å². The van der Waals surface area contributed by atoms with E-state index in [-0.39, 0.29) is 11.5 Å². The van der Waals surface area contributed by atoms with Gasteiger partial charge in [0.2, 0.25) is 5.56 Å². The first-order chi connectivity index (χ1) is 7.13. The van der Waals surface area contributed by atoms with Crippen LogP contribution in [-0.4, -0.2) is 22.8 Å². The zero-order valence-corrected chi connectivity index (χ0v) is 10.0. The topological polar surface area (TPSA) is 62.0 Å². The molecule has 0 aliphatic rings. The van der Waals surface area contributed by atoms with Crippen LogP contribution in [-0.2, 0) is 0 Å². The van der Waals surface area contributed by atoms with E-state index in [0.29, 0.717) is 18.2 Å². The zero-order chi connectivity index (χ0) is 11.3. The second-order valence-electron chi connectivity index (χ2n) is 3.40. The van der Waals surface area contributed by atoms with E-state index < -0.39 is 0 Å². The third-order valence-electron chi connectivity index (χ3n) is 1.89. The molecule has 2 N–H and O–H groups in total. The van der Waals surface area contributed by atoms with Gasteiger partial charge in [-0.15, -0.1) is 0 Å². The Morgan fingerprint density at radius 3 is 2.93 bits per heavy atom. The Hall–Kier alpha value is -1.10. The Morgan fingerprint density at radius 1 is 1.60 bits per heavy atom. The number of hydrogen-bond donors (Lipinski definition) is 2. The minimum atomic E-state index is -0.267. The molecule has 0 aliphatic heterocycles. The van der Waals surface area contributed by atoms with Crippen molar-refractivity contribution in [3.8, 4) is 0 Å². The van der Waals surface area contributed by atoms with Crippen LogP contribution in [0.5, 0.6) is 0 Å². The number of H-pyrrole nitrogens is 1. The lowest BCUT2D eigenvalue weighted by Gasteiger charge is -2.08. The first kappa shape index (κ1) is 12.0. The van der Waals surface area contributed by atoms with Gasteiger partial charge in [-0.2, -0.15) is 0 Å². The number of alkyl halides is 1. The fourth-order valence-electron chi connectivity index (χ4n) is 0.997. The van der Waals surface area contributed by atoms with Gasteiger partial charge in [-0.25, -0.2) is 0 Å². The smallest absolute Gasteiger partial charge is 0.267 e. The lowest BCUT2D eigenvalue weighted by atomic mass is 10.2. The summed E-state index contributed by atoms with van der Waals surface area (Å²) in [5.74, 6) is 0.116. The highest BCUT2D eigenvalue weighted by Crippen LogP contribution is 1.98. The van der Waals surface area contributed by atoms with Gasteiger partial charge in [0.15, 0.2) is 0 Å². The summed E-state index contributed by atoms with van der Waals surface area (Å²) in [4.78, 5) is 24.9. The van der Waals surface area contributed by atoms with Crippen molar-refractivity contribution >= 4 is 21.8 Å². The van der Waals surface area contributed by atoms with E-state index in [4.69, 9.17) is 0 Å². The summed E-state index contributed by atoms with van der Waals surface area (Å²) in [7, 11) is 0. The third-order valence-corrected chi connectivity index (χ3v) is 2.99. The molecule has 15 heavy (non-hydrogen) atoms. The van der Waals surface area contributed by atoms with E-state index in [0.717, 1.165) is 5.33 Å². The molecule has 0 bridgehead atoms. The van der Waals surface area contributed by atoms with Crippen molar-refractivity contribution in [2.45, 2.75) is 6.92 Å². The number of aromatic nitrogens is 1. The van der Waals surface area contributed by atoms with Crippen molar-refractivity contribution in [3.05, 3.63) is 34.2 Å². The van der Waals surface area contributed by atoms with Crippen molar-refractivity contribution in [1.82, 2.24) is 10.3 Å². The maximum atomic E-state index is 11.5. The third kappa shape index (κ3) is 3.87. The van der Waals surface area contributed by atoms with Crippen molar-refractivity contribution in [1.29, 1.82) is 0 Å². The van der Waals surface area contributed by atoms with E-state index >= 15 is 0 Å². The van der Waals surface area contributed by atoms with Gasteiger partial charge in [0.25, 0.3) is 5.91 Å². The normalized spacial score (nSPS) is 12.1. The standard InChI is InChI=1S/C10H13BrN2O2/c1-7(5-11)6-12-10(15)8-3-2-4-9(14)13-8/h2-4,7H,5-6H2,1H3,(H,12,15)(H,13,14). The summed E-state index contributed by atoms with van der Waals surface area (Å²) in [5, 5.41) is 3.57. The summed E-state index contributed by atoms with van der Waals surface area (Å²) < 4.78 is 0. The zero-order valence-electron chi connectivity index (χ0n) is 8.42. The Balaban J connectivity index is 2.58. The molecule has 0 spiro atoms. The van der Waals surface area contributed by atoms with Gasteiger partial charge in [0, 0.05) is 17.9 Å². The molecular weight excluding hydrogens is 260 g/mol. The highest BCUT2D eigenvalue weighted by Gasteiger charge is 2.07. The minimum absolute atomic E-state index is 0.250. The van der Waals surface area contributed by atoms with Crippen LogP contribution in [0, 0.1) is 5.92 Å². The Kier molecular flexibility index (Phi) is 4.55. The van der Waals surface area contributed by atoms with Crippen molar-refractivity contribution in [3.63, 3.8) is 0 Å². The molecule has 4 nitrogen and oxygen atoms in total. The fourth-order valence-corrected chi connectivity index (χ4v) is 1.23. The van der Waals surface area contributed by atoms with E-state index in [1.807, 2.05) is 6.92 Å². The van der Waals surface area contributed by atoms with Crippen LogP contribution in [0.4, 0.5) is 0 Å². The SMILES string of the molecule is CC(CBr)CNC(=O)c1cccc(=O)[nH]1. The molecule has 0 fully saturated rings. The van der Waals surface area contributed by atoms with Crippen LogP contribution < -0.4 is 10.9 Å². The monoisotopic (exact) mass is 272 g/mol. The largest absolute Gasteiger partial charge is 0.350 e. The summed E-state index contributed by atoms with van der Waals surface area (Å²) in [6, 6.07) is 4.51. The predicted molar refractivity (Wildman–Crippen MR) is 62.4 cm³/mol. The summed E-state index contributed by atoms with van der Waals surface area (Å²) in [6.45, 7) is 2.60. The quantitative estimate of drug-likeness (QED) is 0.808. The lowest BCUT2D eigenvalue weighted by Crippen LogP contribution is -2.30. The van der Waals surface area contributed by atoms with Gasteiger partial charge >= 0.3 is 0 Å². The fraction of sp³-hybridized carbons (Fsp3) is 0.400. The number of rotatable bonds is 4. The molecule has 1 amide bonds. The molecule has 1 atom stereocenters. The highest BCUT2D eigenvalue weighted by molar-refractivity contribution is 9.09. The van der Waals surface area contributed by atoms with Crippen LogP contribution in [0.25, 0.3) is 0 Å². The number of carbonyl (C=O) groups excluding carboxylic acids is 1. The van der Waals surface area contributed by atoms with Crippen LogP contribution in [0.15, 0.2) is 23.0 Å². The van der Waals surface area contributed by atoms with Crippen molar-refractivity contribution < 1.29 is 4.79 Å². The molecule has 82 valence electrons. The minimum Gasteiger partial charge on any atom is -0.350 e. The molecule has 0 saturated carbocycles. The van der Waals surface area contributed by atoms with Gasteiger partial charge in [0.1, 0.15) is 5.69 Å². The average Bonchev–Trinajstić information content (AvgIpc) is 2.25. The molecule has 1 aromatic rings. The van der Waals surface area contributed by atoms with Gasteiger partial charge in [0.05, 0.1) is 0 Å². The summed E-state index contributed by atoms with van der Waals surface area (Å²) >= 11 is 3.32. The molecular formula is C10H13BrN2O2. The Bertz CT molecular complexity index is 389. The Morgan fingerprint density at radius 2 is 2.33 bits per heavy atom. The number of carbonyl (C=O) groups is 1. The molecule has 0 aromatic carbocycles. The van der Waals surface area contributed by atoms with E-state index in [2.05, 4.69) is 26.2 Å². The number of aromatic amines is 1. The summed E-state index contributed by atoms with van der Waals surface area (Å²) in [6.07, 6.45) is 0. The Labute approximate surface area is 96.2 Å². The van der Waals surface area contributed by atoms with E-state index in [9.17, 15) is 9.59 Å². The van der Waals surface area contributed by atoms with Crippen molar-refractivity contribution in [2.24, 2.45) is 5.92 Å². The highest BCUT2D eigenvalue weighted by atomic mass is 79.9. The van der Waals surface area contributed by atoms with E-state index in [1.165, 1.54) is 6.07 Å². The molecule has 1 aromatic heterocycles. The second kappa shape index (κ2) is 5.70. The van der Waals surface area contributed by atoms with Gasteiger partial charge < -0.3 is 10.3 Å². The lowest BCUT2D eigenvalue weighted by molar-refractivity contribution is 0.0944. The molecule has 0 saturated heterocycles. The number of hydrogen-bond acceptors (Lipinski definition) is 2. The second-order valence-corrected chi connectivity index (χ2v) is 4.05. The molecule has 0 aliphatic carbocycles. The van der Waals surface area contributed by atoms with Crippen LogP contribution in [0.1, 0.15) is 17.4 Å². The van der Waals surface area contributed by atoms with Crippen LogP contribution >= 0.6 is 15.9 Å². The molecule has 5 heteroatoms. The maximum absolute atomic E-state index is 11.5. The van der Waals surface area contributed by atoms with Gasteiger partial charge in [-0.05, 0) is 12.0 Å². The number of pyridine rings is 1. The van der Waals surface area contributed by atoms with Gasteiger partial charge in [-0.3, -0.25) is 9.59 Å². The summed E-state index contributed by atoms with van der Waals surface area (Å²) in [5.41, 5.74) is 0.0282. The van der Waals surface area contributed by atoms with Crippen LogP contribution in [0.2, 0.25) is 0 Å². The van der Waals surface area contributed by atoms with Crippen molar-refractivity contribution in [2.75, 3.05) is 11.9 Å². The molecule has 1 rings (SSSR count). The predicted octanol–water partition coefficient (Wildman–Crippen LogP) is 1.14. The number of nitrogens with one attached hydrogen (secondary N) is 2. The maximum Gasteiger partial charge on any atom is 0.267 e. The first-order valence-electron chi connectivity index (χ1n) is 4.67. The first-order valence-corrected chi connectivity index (χ1v) is 5.79. The van der Waals surface area contributed by atoms with Gasteiger partial charge in [-0.1, -0.05) is 28.9 Å². The average molecular weight is 273 g/mol. The molecule has 0 radical (unpaired) electrons. The molecule has 1 unspecified atom stereocenters. The number of halogens is 1. The van der Waals surface area contributed by atoms with E-state index in [1.54, 1.807) is 12.1 Å².